The summed E-state index contributed by atoms with van der Waals surface area (Å²) in [5, 5.41) is 3.53. The van der Waals surface area contributed by atoms with Gasteiger partial charge in [-0.2, -0.15) is 0 Å². The molecule has 0 aliphatic carbocycles. The number of aromatic nitrogens is 1. The Labute approximate surface area is 128 Å². The molecule has 0 aromatic carbocycles. The van der Waals surface area contributed by atoms with Crippen LogP contribution in [0.3, 0.4) is 0 Å². The lowest BCUT2D eigenvalue weighted by Gasteiger charge is -2.31. The maximum Gasteiger partial charge on any atom is 0.193 e. The lowest BCUT2D eigenvalue weighted by atomic mass is 9.99. The summed E-state index contributed by atoms with van der Waals surface area (Å²) in [5.74, 6) is 1.70. The van der Waals surface area contributed by atoms with Crippen molar-refractivity contribution in [3.8, 4) is 0 Å². The molecule has 1 aliphatic heterocycles. The Morgan fingerprint density at radius 3 is 2.90 bits per heavy atom. The highest BCUT2D eigenvalue weighted by Gasteiger charge is 2.18. The van der Waals surface area contributed by atoms with Crippen LogP contribution < -0.4 is 5.32 Å². The zero-order chi connectivity index (χ0) is 15.2. The molecule has 0 amide bonds. The number of hydrogen-bond acceptors (Lipinski definition) is 2. The van der Waals surface area contributed by atoms with Crippen molar-refractivity contribution in [3.05, 3.63) is 24.0 Å². The minimum atomic E-state index is 0.726. The van der Waals surface area contributed by atoms with Crippen LogP contribution in [-0.2, 0) is 13.6 Å². The highest BCUT2D eigenvalue weighted by atomic mass is 15.3. The van der Waals surface area contributed by atoms with E-state index in [9.17, 15) is 0 Å². The molecule has 2 heterocycles. The van der Waals surface area contributed by atoms with Crippen molar-refractivity contribution in [1.82, 2.24) is 19.7 Å². The van der Waals surface area contributed by atoms with E-state index in [2.05, 4.69) is 64.1 Å². The Bertz CT molecular complexity index is 465. The van der Waals surface area contributed by atoms with Gasteiger partial charge in [0.05, 0.1) is 6.54 Å². The van der Waals surface area contributed by atoms with Crippen molar-refractivity contribution in [2.24, 2.45) is 18.0 Å². The Hall–Kier alpha value is -1.49. The van der Waals surface area contributed by atoms with Gasteiger partial charge in [-0.3, -0.25) is 4.99 Å². The van der Waals surface area contributed by atoms with Crippen LogP contribution in [0.25, 0.3) is 0 Å². The molecular weight excluding hydrogens is 262 g/mol. The first-order chi connectivity index (χ1) is 10.1. The summed E-state index contributed by atoms with van der Waals surface area (Å²) < 4.78 is 2.15. The van der Waals surface area contributed by atoms with Gasteiger partial charge in [0.25, 0.3) is 0 Å². The van der Waals surface area contributed by atoms with E-state index in [1.807, 2.05) is 7.05 Å². The van der Waals surface area contributed by atoms with E-state index in [1.54, 1.807) is 0 Å². The quantitative estimate of drug-likeness (QED) is 0.672. The molecule has 5 heteroatoms. The molecule has 5 nitrogen and oxygen atoms in total. The first-order valence-corrected chi connectivity index (χ1v) is 7.80. The second kappa shape index (κ2) is 7.50. The van der Waals surface area contributed by atoms with Gasteiger partial charge in [-0.25, -0.2) is 0 Å². The summed E-state index contributed by atoms with van der Waals surface area (Å²) in [6.07, 6.45) is 4.70. The SMILES string of the molecule is CN=C(NCC1CCCN(C)C1)N(C)Cc1cccn1C. The van der Waals surface area contributed by atoms with E-state index in [4.69, 9.17) is 0 Å². The van der Waals surface area contributed by atoms with Crippen molar-refractivity contribution in [2.45, 2.75) is 19.4 Å². The van der Waals surface area contributed by atoms with Gasteiger partial charge in [-0.05, 0) is 44.5 Å². The molecule has 1 atom stereocenters. The van der Waals surface area contributed by atoms with Gasteiger partial charge in [0.1, 0.15) is 0 Å². The molecule has 1 unspecified atom stereocenters. The zero-order valence-corrected chi connectivity index (χ0v) is 13.8. The molecule has 0 saturated carbocycles. The smallest absolute Gasteiger partial charge is 0.193 e. The summed E-state index contributed by atoms with van der Waals surface area (Å²) >= 11 is 0. The third-order valence-corrected chi connectivity index (χ3v) is 4.29. The molecule has 118 valence electrons. The molecule has 0 radical (unpaired) electrons. The highest BCUT2D eigenvalue weighted by Crippen LogP contribution is 2.14. The minimum Gasteiger partial charge on any atom is -0.356 e. The zero-order valence-electron chi connectivity index (χ0n) is 13.8. The predicted octanol–water partition coefficient (Wildman–Crippen LogP) is 1.37. The molecule has 1 aliphatic rings. The van der Waals surface area contributed by atoms with Crippen LogP contribution in [0.2, 0.25) is 0 Å². The second-order valence-electron chi connectivity index (χ2n) is 6.17. The number of hydrogen-bond donors (Lipinski definition) is 1. The van der Waals surface area contributed by atoms with Crippen LogP contribution in [0.1, 0.15) is 18.5 Å². The molecule has 21 heavy (non-hydrogen) atoms. The maximum absolute atomic E-state index is 4.41. The van der Waals surface area contributed by atoms with Gasteiger partial charge >= 0.3 is 0 Å². The molecule has 1 saturated heterocycles. The lowest BCUT2D eigenvalue weighted by molar-refractivity contribution is 0.209. The Kier molecular flexibility index (Phi) is 5.67. The fourth-order valence-electron chi connectivity index (χ4n) is 3.04. The van der Waals surface area contributed by atoms with Crippen molar-refractivity contribution in [3.63, 3.8) is 0 Å². The Morgan fingerprint density at radius 1 is 1.48 bits per heavy atom. The highest BCUT2D eigenvalue weighted by molar-refractivity contribution is 5.79. The van der Waals surface area contributed by atoms with Crippen molar-refractivity contribution in [2.75, 3.05) is 40.8 Å². The normalized spacial score (nSPS) is 20.6. The predicted molar refractivity (Wildman–Crippen MR) is 88.5 cm³/mol. The van der Waals surface area contributed by atoms with E-state index < -0.39 is 0 Å². The van der Waals surface area contributed by atoms with E-state index in [1.165, 1.54) is 31.6 Å². The van der Waals surface area contributed by atoms with Crippen molar-refractivity contribution in [1.29, 1.82) is 0 Å². The first kappa shape index (κ1) is 15.9. The van der Waals surface area contributed by atoms with Gasteiger partial charge < -0.3 is 19.7 Å². The largest absolute Gasteiger partial charge is 0.356 e. The standard InChI is InChI=1S/C16H29N5/c1-17-16(18-11-14-7-5-9-19(2)12-14)21(4)13-15-8-6-10-20(15)3/h6,8,10,14H,5,7,9,11-13H2,1-4H3,(H,17,18). The third kappa shape index (κ3) is 4.49. The average Bonchev–Trinajstić information content (AvgIpc) is 2.85. The first-order valence-electron chi connectivity index (χ1n) is 7.80. The van der Waals surface area contributed by atoms with Crippen LogP contribution in [-0.4, -0.2) is 61.1 Å². The summed E-state index contributed by atoms with van der Waals surface area (Å²) in [6.45, 7) is 4.30. The fraction of sp³-hybridized carbons (Fsp3) is 0.688. The number of aliphatic imine (C=N–C) groups is 1. The van der Waals surface area contributed by atoms with E-state index >= 15 is 0 Å². The number of piperidine rings is 1. The van der Waals surface area contributed by atoms with Gasteiger partial charge in [-0.1, -0.05) is 0 Å². The monoisotopic (exact) mass is 291 g/mol. The van der Waals surface area contributed by atoms with E-state index in [-0.39, 0.29) is 0 Å². The van der Waals surface area contributed by atoms with Crippen LogP contribution >= 0.6 is 0 Å². The van der Waals surface area contributed by atoms with E-state index in [0.29, 0.717) is 0 Å². The number of nitrogens with one attached hydrogen (secondary N) is 1. The molecule has 0 bridgehead atoms. The third-order valence-electron chi connectivity index (χ3n) is 4.29. The molecule has 1 aromatic heterocycles. The van der Waals surface area contributed by atoms with Crippen LogP contribution in [0.5, 0.6) is 0 Å². The fourth-order valence-corrected chi connectivity index (χ4v) is 3.04. The minimum absolute atomic E-state index is 0.726. The van der Waals surface area contributed by atoms with Crippen molar-refractivity contribution >= 4 is 5.96 Å². The number of nitrogens with zero attached hydrogens (tertiary/aromatic N) is 4. The molecule has 1 aromatic rings. The Balaban J connectivity index is 1.83. The van der Waals surface area contributed by atoms with Gasteiger partial charge in [0.15, 0.2) is 5.96 Å². The number of likely N-dealkylation sites (tertiary alicyclic amines) is 1. The molecule has 1 fully saturated rings. The molecule has 1 N–H and O–H groups in total. The number of aryl methyl sites for hydroxylation is 1. The number of rotatable bonds is 4. The van der Waals surface area contributed by atoms with E-state index in [0.717, 1.165) is 25.0 Å². The summed E-state index contributed by atoms with van der Waals surface area (Å²) in [7, 11) is 8.24. The summed E-state index contributed by atoms with van der Waals surface area (Å²) in [5.41, 5.74) is 1.29. The molecular formula is C16H29N5. The maximum atomic E-state index is 4.41. The van der Waals surface area contributed by atoms with Crippen LogP contribution in [0.15, 0.2) is 23.3 Å². The van der Waals surface area contributed by atoms with Crippen LogP contribution in [0, 0.1) is 5.92 Å². The summed E-state index contributed by atoms with van der Waals surface area (Å²) in [4.78, 5) is 9.02. The Morgan fingerprint density at radius 2 is 2.29 bits per heavy atom. The van der Waals surface area contributed by atoms with Gasteiger partial charge in [0, 0.05) is 46.1 Å². The summed E-state index contributed by atoms with van der Waals surface area (Å²) in [6, 6.07) is 4.23. The molecule has 2 rings (SSSR count). The number of guanidine groups is 1. The van der Waals surface area contributed by atoms with Gasteiger partial charge in [0.2, 0.25) is 0 Å². The average molecular weight is 291 g/mol. The molecule has 0 spiro atoms. The second-order valence-corrected chi connectivity index (χ2v) is 6.17. The van der Waals surface area contributed by atoms with Crippen molar-refractivity contribution < 1.29 is 0 Å². The van der Waals surface area contributed by atoms with Gasteiger partial charge in [-0.15, -0.1) is 0 Å². The van der Waals surface area contributed by atoms with Crippen LogP contribution in [0.4, 0.5) is 0 Å². The lowest BCUT2D eigenvalue weighted by Crippen LogP contribution is -2.44. The topological polar surface area (TPSA) is 35.8 Å².